The number of rotatable bonds is 8. The molecule has 2 rings (SSSR count). The van der Waals surface area contributed by atoms with Crippen LogP contribution in [0.1, 0.15) is 39.5 Å². The molecule has 0 bridgehead atoms. The van der Waals surface area contributed by atoms with Crippen LogP contribution in [0, 0.1) is 0 Å². The molecule has 0 unspecified atom stereocenters. The Kier molecular flexibility index (Phi) is 4.65. The van der Waals surface area contributed by atoms with Gasteiger partial charge in [-0.25, -0.2) is 0 Å². The highest BCUT2D eigenvalue weighted by Gasteiger charge is 2.42. The average molecular weight is 280 g/mol. The smallest absolute Gasteiger partial charge is 0.264 e. The highest BCUT2D eigenvalue weighted by atomic mass is 16.5. The number of amides is 2. The van der Waals surface area contributed by atoms with E-state index in [2.05, 4.69) is 10.6 Å². The predicted octanol–water partition coefficient (Wildman–Crippen LogP) is 1.30. The van der Waals surface area contributed by atoms with E-state index in [9.17, 15) is 9.59 Å². The van der Waals surface area contributed by atoms with Gasteiger partial charge in [0.25, 0.3) is 11.8 Å². The first-order valence-electron chi connectivity index (χ1n) is 7.06. The van der Waals surface area contributed by atoms with E-state index in [0.717, 1.165) is 25.7 Å². The first kappa shape index (κ1) is 14.4. The SMILES string of the molecule is CCCCOC1=C2C(=O)NC(OCCCC)=C2C(=O)N1. The maximum atomic E-state index is 11.9. The standard InChI is InChI=1S/C14H20N2O4/c1-3-5-7-19-13-9-10(12(18)15-13)14(16-11(9)17)20-8-6-4-2/h3-8H2,1-2H3,(H,15,18)(H,16,17). The molecule has 0 saturated heterocycles. The molecule has 0 spiro atoms. The van der Waals surface area contributed by atoms with Crippen LogP contribution < -0.4 is 10.6 Å². The summed E-state index contributed by atoms with van der Waals surface area (Å²) in [5.41, 5.74) is 0.523. The van der Waals surface area contributed by atoms with Gasteiger partial charge in [0.05, 0.1) is 13.2 Å². The van der Waals surface area contributed by atoms with Gasteiger partial charge in [0, 0.05) is 0 Å². The van der Waals surface area contributed by atoms with E-state index in [4.69, 9.17) is 9.47 Å². The molecule has 0 aliphatic carbocycles. The minimum atomic E-state index is -0.351. The van der Waals surface area contributed by atoms with Gasteiger partial charge < -0.3 is 9.47 Å². The summed E-state index contributed by atoms with van der Waals surface area (Å²) in [5, 5.41) is 5.17. The van der Waals surface area contributed by atoms with Crippen molar-refractivity contribution in [3.8, 4) is 0 Å². The fourth-order valence-corrected chi connectivity index (χ4v) is 1.97. The molecule has 2 heterocycles. The topological polar surface area (TPSA) is 76.7 Å². The lowest BCUT2D eigenvalue weighted by atomic mass is 10.1. The lowest BCUT2D eigenvalue weighted by molar-refractivity contribution is -0.117. The van der Waals surface area contributed by atoms with Crippen LogP contribution in [0.25, 0.3) is 0 Å². The van der Waals surface area contributed by atoms with Gasteiger partial charge in [0.2, 0.25) is 11.8 Å². The van der Waals surface area contributed by atoms with Crippen LogP contribution in [-0.2, 0) is 19.1 Å². The van der Waals surface area contributed by atoms with Crippen molar-refractivity contribution >= 4 is 11.8 Å². The van der Waals surface area contributed by atoms with Gasteiger partial charge in [-0.2, -0.15) is 0 Å². The van der Waals surface area contributed by atoms with E-state index >= 15 is 0 Å². The maximum Gasteiger partial charge on any atom is 0.264 e. The Balaban J connectivity index is 2.13. The van der Waals surface area contributed by atoms with Crippen molar-refractivity contribution in [2.75, 3.05) is 13.2 Å². The molecule has 2 aliphatic heterocycles. The van der Waals surface area contributed by atoms with Crippen molar-refractivity contribution in [1.82, 2.24) is 10.6 Å². The van der Waals surface area contributed by atoms with Crippen LogP contribution in [0.4, 0.5) is 0 Å². The summed E-state index contributed by atoms with van der Waals surface area (Å²) in [7, 11) is 0. The zero-order valence-corrected chi connectivity index (χ0v) is 11.9. The molecule has 0 aromatic carbocycles. The Hall–Kier alpha value is -1.98. The average Bonchev–Trinajstić information content (AvgIpc) is 2.91. The van der Waals surface area contributed by atoms with E-state index in [1.807, 2.05) is 13.8 Å². The maximum absolute atomic E-state index is 11.9. The summed E-state index contributed by atoms with van der Waals surface area (Å²) in [5.74, 6) is -0.220. The first-order chi connectivity index (χ1) is 9.69. The summed E-state index contributed by atoms with van der Waals surface area (Å²) >= 11 is 0. The Labute approximate surface area is 118 Å². The summed E-state index contributed by atoms with van der Waals surface area (Å²) in [6.07, 6.45) is 3.70. The minimum absolute atomic E-state index is 0.241. The highest BCUT2D eigenvalue weighted by Crippen LogP contribution is 2.30. The molecular formula is C14H20N2O4. The number of carbonyl (C=O) groups excluding carboxylic acids is 2. The monoisotopic (exact) mass is 280 g/mol. The van der Waals surface area contributed by atoms with Gasteiger partial charge in [0.15, 0.2) is 0 Å². The van der Waals surface area contributed by atoms with E-state index in [-0.39, 0.29) is 34.7 Å². The van der Waals surface area contributed by atoms with Crippen LogP contribution in [0.3, 0.4) is 0 Å². The summed E-state index contributed by atoms with van der Waals surface area (Å²) in [6.45, 7) is 5.04. The second-order valence-corrected chi connectivity index (χ2v) is 4.72. The molecule has 2 N–H and O–H groups in total. The van der Waals surface area contributed by atoms with Crippen molar-refractivity contribution in [3.05, 3.63) is 22.9 Å². The van der Waals surface area contributed by atoms with Crippen LogP contribution in [0.2, 0.25) is 0 Å². The molecule has 2 aliphatic rings. The van der Waals surface area contributed by atoms with Gasteiger partial charge in [-0.15, -0.1) is 0 Å². The Morgan fingerprint density at radius 2 is 1.20 bits per heavy atom. The Bertz CT molecular complexity index is 436. The molecule has 110 valence electrons. The highest BCUT2D eigenvalue weighted by molar-refractivity contribution is 6.18. The number of nitrogens with one attached hydrogen (secondary N) is 2. The van der Waals surface area contributed by atoms with Crippen molar-refractivity contribution in [3.63, 3.8) is 0 Å². The number of fused-ring (bicyclic) bond motifs is 1. The number of ether oxygens (including phenoxy) is 2. The lowest BCUT2D eigenvalue weighted by Gasteiger charge is -2.08. The van der Waals surface area contributed by atoms with Crippen LogP contribution >= 0.6 is 0 Å². The van der Waals surface area contributed by atoms with Crippen LogP contribution in [0.15, 0.2) is 22.9 Å². The summed E-state index contributed by atoms with van der Waals surface area (Å²) < 4.78 is 10.9. The second-order valence-electron chi connectivity index (χ2n) is 4.72. The van der Waals surface area contributed by atoms with E-state index < -0.39 is 0 Å². The summed E-state index contributed by atoms with van der Waals surface area (Å²) in [4.78, 5) is 23.8. The molecule has 0 fully saturated rings. The fraction of sp³-hybridized carbons (Fsp3) is 0.571. The fourth-order valence-electron chi connectivity index (χ4n) is 1.97. The van der Waals surface area contributed by atoms with Gasteiger partial charge in [0.1, 0.15) is 11.1 Å². The van der Waals surface area contributed by atoms with Crippen molar-refractivity contribution in [2.24, 2.45) is 0 Å². The zero-order valence-electron chi connectivity index (χ0n) is 11.9. The molecule has 6 nitrogen and oxygen atoms in total. The number of hydrogen-bond acceptors (Lipinski definition) is 4. The molecule has 2 amide bonds. The molecular weight excluding hydrogens is 260 g/mol. The number of hydrogen-bond donors (Lipinski definition) is 2. The third-order valence-electron chi connectivity index (χ3n) is 3.10. The van der Waals surface area contributed by atoms with Gasteiger partial charge in [-0.3, -0.25) is 20.2 Å². The molecule has 20 heavy (non-hydrogen) atoms. The molecule has 6 heteroatoms. The third-order valence-corrected chi connectivity index (χ3v) is 3.10. The minimum Gasteiger partial charge on any atom is -0.478 e. The third kappa shape index (κ3) is 2.79. The molecule has 0 aromatic heterocycles. The molecule has 0 saturated carbocycles. The second kappa shape index (κ2) is 6.45. The quantitative estimate of drug-likeness (QED) is 0.657. The zero-order chi connectivity index (χ0) is 14.5. The molecule has 0 radical (unpaired) electrons. The Morgan fingerprint density at radius 1 is 0.800 bits per heavy atom. The van der Waals surface area contributed by atoms with E-state index in [0.29, 0.717) is 13.2 Å². The van der Waals surface area contributed by atoms with Crippen molar-refractivity contribution < 1.29 is 19.1 Å². The molecule has 0 atom stereocenters. The van der Waals surface area contributed by atoms with Crippen molar-refractivity contribution in [2.45, 2.75) is 39.5 Å². The largest absolute Gasteiger partial charge is 0.478 e. The lowest BCUT2D eigenvalue weighted by Crippen LogP contribution is -2.24. The first-order valence-corrected chi connectivity index (χ1v) is 7.06. The van der Waals surface area contributed by atoms with Gasteiger partial charge in [-0.05, 0) is 12.8 Å². The van der Waals surface area contributed by atoms with Crippen LogP contribution in [0.5, 0.6) is 0 Å². The van der Waals surface area contributed by atoms with E-state index in [1.165, 1.54) is 0 Å². The van der Waals surface area contributed by atoms with Gasteiger partial charge >= 0.3 is 0 Å². The Morgan fingerprint density at radius 3 is 1.55 bits per heavy atom. The summed E-state index contributed by atoms with van der Waals surface area (Å²) in [6, 6.07) is 0. The van der Waals surface area contributed by atoms with Crippen LogP contribution in [-0.4, -0.2) is 25.0 Å². The predicted molar refractivity (Wildman–Crippen MR) is 72.1 cm³/mol. The number of unbranched alkanes of at least 4 members (excludes halogenated alkanes) is 2. The van der Waals surface area contributed by atoms with Gasteiger partial charge in [-0.1, -0.05) is 26.7 Å². The van der Waals surface area contributed by atoms with E-state index in [1.54, 1.807) is 0 Å². The number of carbonyl (C=O) groups is 2. The van der Waals surface area contributed by atoms with Crippen molar-refractivity contribution in [1.29, 1.82) is 0 Å². The normalized spacial score (nSPS) is 17.3. The molecule has 0 aromatic rings.